The summed E-state index contributed by atoms with van der Waals surface area (Å²) in [6, 6.07) is 98.9. The number of hydrogen-bond donors (Lipinski definition) is 3. The molecule has 11 nitrogen and oxygen atoms in total. The van der Waals surface area contributed by atoms with E-state index in [2.05, 4.69) is 132 Å². The summed E-state index contributed by atoms with van der Waals surface area (Å²) < 4.78 is 12.2. The van der Waals surface area contributed by atoms with Crippen LogP contribution in [0, 0.1) is 0 Å². The summed E-state index contributed by atoms with van der Waals surface area (Å²) in [5, 5.41) is 36.0. The van der Waals surface area contributed by atoms with Crippen molar-refractivity contribution in [3.05, 3.63) is 308 Å². The standard InChI is InChI=1S/C27H24N2O.C24H16N2O3.C24H18N2OS/c1-27(2)23-15-9-10-16-25(23)29(30)26-18-17-22(19-24(26)27)28(20-11-5-3-6-12-20)21-13-7-4-8-14-21;27-26-19-9-3-6-12-23(19)29-24-15-16(13-14-20(24)26)25-17-7-1-4-10-21(17)28-22-11-5-2-8-18(22)25;27-26-21-13-7-8-14-23(21)28-24-17-20(15-16-22(24)26)25(18-9-3-1-4-10-18)19-11-5-2-6-12-19/h3-19,30H,1-2H3;1-15,27H;1-17,27H. The SMILES string of the molecule is CC1(C)c2ccccc2N(O)c2ccc(N(c3ccccc3)c3ccccc3)cc21.ON1c2ccccc2Oc2cc(N3c4ccccc4Oc4ccccc43)ccc21.ON1c2ccccc2Sc2cc(N(c3ccccc3)c3ccccc3)ccc21. The minimum atomic E-state index is -0.236. The van der Waals surface area contributed by atoms with Crippen LogP contribution in [0.25, 0.3) is 0 Å². The van der Waals surface area contributed by atoms with E-state index < -0.39 is 0 Å². The second-order valence-corrected chi connectivity index (χ2v) is 22.7. The summed E-state index contributed by atoms with van der Waals surface area (Å²) in [4.78, 5) is 8.68. The van der Waals surface area contributed by atoms with Gasteiger partial charge in [0.15, 0.2) is 23.0 Å². The van der Waals surface area contributed by atoms with Gasteiger partial charge in [0, 0.05) is 55.4 Å². The second kappa shape index (κ2) is 23.0. The van der Waals surface area contributed by atoms with Crippen molar-refractivity contribution in [1.29, 1.82) is 0 Å². The average molecular weight is 1160 g/mol. The maximum absolute atomic E-state index is 10.9. The van der Waals surface area contributed by atoms with Gasteiger partial charge < -0.3 is 24.2 Å². The number of benzene rings is 12. The number of ether oxygens (including phenoxy) is 2. The van der Waals surface area contributed by atoms with E-state index in [9.17, 15) is 15.6 Å². The molecule has 0 aromatic heterocycles. The van der Waals surface area contributed by atoms with Gasteiger partial charge in [0.25, 0.3) is 0 Å². The normalized spacial score (nSPS) is 13.3. The predicted molar refractivity (Wildman–Crippen MR) is 351 cm³/mol. The molecule has 0 radical (unpaired) electrons. The van der Waals surface area contributed by atoms with Crippen molar-refractivity contribution >= 4 is 97.1 Å². The van der Waals surface area contributed by atoms with Crippen LogP contribution in [-0.4, -0.2) is 15.6 Å². The van der Waals surface area contributed by atoms with E-state index in [1.807, 2.05) is 194 Å². The molecule has 87 heavy (non-hydrogen) atoms. The molecule has 0 atom stereocenters. The monoisotopic (exact) mass is 1150 g/mol. The van der Waals surface area contributed by atoms with Crippen LogP contribution < -0.4 is 39.4 Å². The lowest BCUT2D eigenvalue weighted by atomic mass is 9.74. The van der Waals surface area contributed by atoms with Crippen molar-refractivity contribution in [3.8, 4) is 23.0 Å². The Kier molecular flexibility index (Phi) is 14.4. The Labute approximate surface area is 509 Å². The zero-order chi connectivity index (χ0) is 59.0. The molecule has 4 aliphatic rings. The van der Waals surface area contributed by atoms with Crippen molar-refractivity contribution in [3.63, 3.8) is 0 Å². The van der Waals surface area contributed by atoms with E-state index in [-0.39, 0.29) is 5.41 Å². The molecule has 4 aliphatic heterocycles. The molecule has 12 aromatic rings. The maximum atomic E-state index is 10.9. The Bertz CT molecular complexity index is 4340. The first-order valence-corrected chi connectivity index (χ1v) is 29.5. The Morgan fingerprint density at radius 3 is 1.23 bits per heavy atom. The van der Waals surface area contributed by atoms with Crippen molar-refractivity contribution in [2.75, 3.05) is 29.9 Å². The molecule has 12 heteroatoms. The molecule has 0 aliphatic carbocycles. The zero-order valence-corrected chi connectivity index (χ0v) is 48.4. The van der Waals surface area contributed by atoms with Gasteiger partial charge in [-0.1, -0.05) is 165 Å². The first-order valence-electron chi connectivity index (χ1n) is 28.7. The number of fused-ring (bicyclic) bond motifs is 8. The van der Waals surface area contributed by atoms with Crippen LogP contribution in [0.15, 0.2) is 307 Å². The van der Waals surface area contributed by atoms with Crippen LogP contribution >= 0.6 is 11.8 Å². The molecule has 424 valence electrons. The number of nitrogens with zero attached hydrogens (tertiary/aromatic N) is 6. The molecule has 0 unspecified atom stereocenters. The second-order valence-electron chi connectivity index (χ2n) is 21.6. The molecule has 0 bridgehead atoms. The van der Waals surface area contributed by atoms with Gasteiger partial charge in [-0.2, -0.15) is 0 Å². The van der Waals surface area contributed by atoms with Gasteiger partial charge in [-0.15, -0.1) is 0 Å². The van der Waals surface area contributed by atoms with Gasteiger partial charge in [0.1, 0.15) is 11.4 Å². The lowest BCUT2D eigenvalue weighted by molar-refractivity contribution is 0.285. The van der Waals surface area contributed by atoms with Crippen LogP contribution in [-0.2, 0) is 5.41 Å². The van der Waals surface area contributed by atoms with E-state index in [4.69, 9.17) is 9.47 Å². The fraction of sp³-hybridized carbons (Fsp3) is 0.0400. The fourth-order valence-corrected chi connectivity index (χ4v) is 12.8. The van der Waals surface area contributed by atoms with Gasteiger partial charge in [0.05, 0.1) is 39.8 Å². The first-order chi connectivity index (χ1) is 42.7. The largest absolute Gasteiger partial charge is 0.453 e. The molecular formula is C75H58N6O5S. The Morgan fingerprint density at radius 2 is 0.667 bits per heavy atom. The third-order valence-electron chi connectivity index (χ3n) is 15.9. The van der Waals surface area contributed by atoms with Gasteiger partial charge in [-0.05, 0) is 163 Å². The van der Waals surface area contributed by atoms with E-state index >= 15 is 0 Å². The molecule has 16 rings (SSSR count). The smallest absolute Gasteiger partial charge is 0.155 e. The lowest BCUT2D eigenvalue weighted by Gasteiger charge is -2.39. The van der Waals surface area contributed by atoms with E-state index in [0.717, 1.165) is 106 Å². The van der Waals surface area contributed by atoms with Crippen molar-refractivity contribution in [2.45, 2.75) is 29.1 Å². The maximum Gasteiger partial charge on any atom is 0.155 e. The van der Waals surface area contributed by atoms with Gasteiger partial charge in [0.2, 0.25) is 0 Å². The molecule has 0 saturated heterocycles. The van der Waals surface area contributed by atoms with Crippen molar-refractivity contribution in [1.82, 2.24) is 0 Å². The van der Waals surface area contributed by atoms with E-state index in [1.165, 1.54) is 15.2 Å². The summed E-state index contributed by atoms with van der Waals surface area (Å²) in [5.74, 6) is 2.78. The van der Waals surface area contributed by atoms with Gasteiger partial charge in [-0.3, -0.25) is 15.6 Å². The average Bonchev–Trinajstić information content (AvgIpc) is 1.38. The topological polar surface area (TPSA) is 98.6 Å². The van der Waals surface area contributed by atoms with E-state index in [1.54, 1.807) is 11.8 Å². The highest BCUT2D eigenvalue weighted by Crippen LogP contribution is 2.55. The summed E-state index contributed by atoms with van der Waals surface area (Å²) >= 11 is 1.68. The number of anilines is 15. The fourth-order valence-electron chi connectivity index (χ4n) is 11.7. The zero-order valence-electron chi connectivity index (χ0n) is 47.5. The summed E-state index contributed by atoms with van der Waals surface area (Å²) in [6.45, 7) is 4.44. The van der Waals surface area contributed by atoms with Crippen LogP contribution in [0.4, 0.5) is 85.3 Å². The Hall–Kier alpha value is -10.7. The third kappa shape index (κ3) is 10.2. The third-order valence-corrected chi connectivity index (χ3v) is 17.0. The molecule has 12 aromatic carbocycles. The highest BCUT2D eigenvalue weighted by molar-refractivity contribution is 7.99. The quantitative estimate of drug-likeness (QED) is 0.142. The summed E-state index contributed by atoms with van der Waals surface area (Å²) in [7, 11) is 0. The van der Waals surface area contributed by atoms with Crippen LogP contribution in [0.5, 0.6) is 23.0 Å². The lowest BCUT2D eigenvalue weighted by Crippen LogP contribution is -2.31. The predicted octanol–water partition coefficient (Wildman–Crippen LogP) is 21.4. The van der Waals surface area contributed by atoms with Gasteiger partial charge in [-0.25, -0.2) is 15.2 Å². The molecule has 0 spiro atoms. The molecule has 0 fully saturated rings. The first kappa shape index (κ1) is 54.2. The molecule has 0 saturated carbocycles. The Balaban J connectivity index is 0.000000115. The van der Waals surface area contributed by atoms with Crippen LogP contribution in [0.1, 0.15) is 25.0 Å². The highest BCUT2D eigenvalue weighted by atomic mass is 32.2. The molecule has 3 N–H and O–H groups in total. The minimum absolute atomic E-state index is 0.236. The van der Waals surface area contributed by atoms with E-state index in [0.29, 0.717) is 22.9 Å². The molecule has 0 amide bonds. The highest BCUT2D eigenvalue weighted by Gasteiger charge is 2.37. The Morgan fingerprint density at radius 1 is 0.299 bits per heavy atom. The minimum Gasteiger partial charge on any atom is -0.453 e. The van der Waals surface area contributed by atoms with Crippen molar-refractivity contribution < 1.29 is 25.1 Å². The van der Waals surface area contributed by atoms with Crippen LogP contribution in [0.3, 0.4) is 0 Å². The van der Waals surface area contributed by atoms with Crippen molar-refractivity contribution in [2.24, 2.45) is 0 Å². The van der Waals surface area contributed by atoms with Crippen LogP contribution in [0.2, 0.25) is 0 Å². The number of rotatable bonds is 7. The number of para-hydroxylation sites is 12. The van der Waals surface area contributed by atoms with Gasteiger partial charge >= 0.3 is 0 Å². The molecule has 4 heterocycles. The number of hydrogen-bond acceptors (Lipinski definition) is 12. The summed E-state index contributed by atoms with van der Waals surface area (Å²) in [5.41, 5.74) is 15.8. The summed E-state index contributed by atoms with van der Waals surface area (Å²) in [6.07, 6.45) is 0. The molecular weight excluding hydrogens is 1100 g/mol.